The van der Waals surface area contributed by atoms with Crippen molar-refractivity contribution < 1.29 is 4.74 Å². The van der Waals surface area contributed by atoms with E-state index in [2.05, 4.69) is 70.6 Å². The van der Waals surface area contributed by atoms with Crippen LogP contribution in [0.4, 0.5) is 0 Å². The molecule has 1 N–H and O–H groups in total. The number of thiocarbonyl (C=S) groups is 1. The van der Waals surface area contributed by atoms with E-state index >= 15 is 0 Å². The first-order chi connectivity index (χ1) is 15.5. The fourth-order valence-electron chi connectivity index (χ4n) is 5.08. The van der Waals surface area contributed by atoms with Crippen LogP contribution in [0.5, 0.6) is 0 Å². The van der Waals surface area contributed by atoms with Gasteiger partial charge in [-0.05, 0) is 62.2 Å². The molecule has 6 nitrogen and oxygen atoms in total. The Bertz CT molecular complexity index is 907. The molecule has 4 rings (SSSR count). The van der Waals surface area contributed by atoms with Gasteiger partial charge >= 0.3 is 0 Å². The Morgan fingerprint density at radius 1 is 1.19 bits per heavy atom. The van der Waals surface area contributed by atoms with Crippen LogP contribution >= 0.6 is 12.2 Å². The van der Waals surface area contributed by atoms with Crippen LogP contribution in [0.15, 0.2) is 30.5 Å². The Kier molecular flexibility index (Phi) is 7.48. The zero-order valence-electron chi connectivity index (χ0n) is 19.9. The Labute approximate surface area is 197 Å². The van der Waals surface area contributed by atoms with E-state index in [0.717, 1.165) is 63.2 Å². The number of hydrogen-bond acceptors (Lipinski definition) is 4. The fourth-order valence-corrected chi connectivity index (χ4v) is 5.40. The van der Waals surface area contributed by atoms with Crippen LogP contribution in [0.2, 0.25) is 0 Å². The number of hydrogen-bond donors (Lipinski definition) is 1. The van der Waals surface area contributed by atoms with Gasteiger partial charge in [0.25, 0.3) is 0 Å². The highest BCUT2D eigenvalue weighted by atomic mass is 32.1. The second-order valence-corrected chi connectivity index (χ2v) is 9.85. The summed E-state index contributed by atoms with van der Waals surface area (Å²) in [5.74, 6) is 0.525. The molecule has 0 amide bonds. The summed E-state index contributed by atoms with van der Waals surface area (Å²) < 4.78 is 7.97. The maximum Gasteiger partial charge on any atom is 0.170 e. The Morgan fingerprint density at radius 2 is 1.97 bits per heavy atom. The van der Waals surface area contributed by atoms with E-state index in [-0.39, 0.29) is 12.1 Å². The molecule has 7 heteroatoms. The SMILES string of the molecule is Cc1cc([C@@H]2[C@@H](c3ccccn3)NC(=S)N2CC(C)C)c(C)n1CCCN1CCOCC1. The molecule has 0 radical (unpaired) electrons. The minimum absolute atomic E-state index is 0.0600. The molecule has 0 spiro atoms. The van der Waals surface area contributed by atoms with Crippen molar-refractivity contribution in [2.45, 2.75) is 52.7 Å². The topological polar surface area (TPSA) is 45.6 Å². The lowest BCUT2D eigenvalue weighted by molar-refractivity contribution is 0.0369. The summed E-state index contributed by atoms with van der Waals surface area (Å²) in [6.45, 7) is 15.9. The van der Waals surface area contributed by atoms with Crippen LogP contribution in [0, 0.1) is 19.8 Å². The monoisotopic (exact) mass is 455 g/mol. The number of nitrogens with zero attached hydrogens (tertiary/aromatic N) is 4. The van der Waals surface area contributed by atoms with Crippen molar-refractivity contribution in [1.29, 1.82) is 0 Å². The molecule has 2 aromatic rings. The predicted molar refractivity (Wildman–Crippen MR) is 133 cm³/mol. The van der Waals surface area contributed by atoms with Crippen LogP contribution in [0.1, 0.15) is 55.0 Å². The van der Waals surface area contributed by atoms with Crippen molar-refractivity contribution in [3.05, 3.63) is 53.1 Å². The first kappa shape index (κ1) is 23.2. The third kappa shape index (κ3) is 5.00. The summed E-state index contributed by atoms with van der Waals surface area (Å²) in [5.41, 5.74) is 5.07. The summed E-state index contributed by atoms with van der Waals surface area (Å²) >= 11 is 5.80. The van der Waals surface area contributed by atoms with E-state index in [1.165, 1.54) is 17.0 Å². The first-order valence-corrected chi connectivity index (χ1v) is 12.3. The molecule has 2 aromatic heterocycles. The van der Waals surface area contributed by atoms with Gasteiger partial charge in [0.2, 0.25) is 0 Å². The third-order valence-electron chi connectivity index (χ3n) is 6.65. The smallest absolute Gasteiger partial charge is 0.170 e. The molecular weight excluding hydrogens is 418 g/mol. The van der Waals surface area contributed by atoms with Gasteiger partial charge in [0.15, 0.2) is 5.11 Å². The lowest BCUT2D eigenvalue weighted by atomic mass is 9.96. The number of pyridine rings is 1. The number of rotatable bonds is 8. The number of aromatic nitrogens is 2. The molecule has 2 aliphatic heterocycles. The molecule has 2 saturated heterocycles. The highest BCUT2D eigenvalue weighted by Gasteiger charge is 2.41. The van der Waals surface area contributed by atoms with Gasteiger partial charge < -0.3 is 19.5 Å². The van der Waals surface area contributed by atoms with Gasteiger partial charge in [-0.1, -0.05) is 19.9 Å². The van der Waals surface area contributed by atoms with Crippen molar-refractivity contribution in [1.82, 2.24) is 24.7 Å². The lowest BCUT2D eigenvalue weighted by Gasteiger charge is -2.29. The first-order valence-electron chi connectivity index (χ1n) is 11.9. The molecule has 0 aromatic carbocycles. The van der Waals surface area contributed by atoms with Gasteiger partial charge in [0.05, 0.1) is 31.0 Å². The molecule has 0 aliphatic carbocycles. The maximum atomic E-state index is 5.80. The lowest BCUT2D eigenvalue weighted by Crippen LogP contribution is -2.37. The van der Waals surface area contributed by atoms with Crippen LogP contribution in [-0.2, 0) is 11.3 Å². The van der Waals surface area contributed by atoms with E-state index in [0.29, 0.717) is 5.92 Å². The Balaban J connectivity index is 1.58. The number of aryl methyl sites for hydroxylation is 1. The molecule has 0 bridgehead atoms. The minimum Gasteiger partial charge on any atom is -0.379 e. The summed E-state index contributed by atoms with van der Waals surface area (Å²) in [6, 6.07) is 8.72. The Hall–Kier alpha value is -1.96. The second kappa shape index (κ2) is 10.3. The summed E-state index contributed by atoms with van der Waals surface area (Å²) in [4.78, 5) is 9.56. The van der Waals surface area contributed by atoms with Crippen molar-refractivity contribution in [3.8, 4) is 0 Å². The van der Waals surface area contributed by atoms with Crippen LogP contribution < -0.4 is 5.32 Å². The molecule has 32 heavy (non-hydrogen) atoms. The third-order valence-corrected chi connectivity index (χ3v) is 7.00. The standard InChI is InChI=1S/C25H37N5OS/c1-18(2)17-30-24(23(27-25(30)32)22-8-5-6-9-26-22)21-16-19(3)29(20(21)4)11-7-10-28-12-14-31-15-13-28/h5-6,8-9,16,18,23-24H,7,10-15,17H2,1-4H3,(H,27,32)/t23-,24-/m1/s1. The number of ether oxygens (including phenoxy) is 1. The van der Waals surface area contributed by atoms with Gasteiger partial charge in [-0.3, -0.25) is 9.88 Å². The highest BCUT2D eigenvalue weighted by Crippen LogP contribution is 2.41. The summed E-state index contributed by atoms with van der Waals surface area (Å²) in [5, 5.41) is 4.41. The van der Waals surface area contributed by atoms with Gasteiger partial charge in [-0.2, -0.15) is 0 Å². The quantitative estimate of drug-likeness (QED) is 0.610. The zero-order valence-corrected chi connectivity index (χ0v) is 20.7. The van der Waals surface area contributed by atoms with Crippen molar-refractivity contribution in [2.24, 2.45) is 5.92 Å². The van der Waals surface area contributed by atoms with E-state index in [4.69, 9.17) is 17.0 Å². The van der Waals surface area contributed by atoms with Crippen LogP contribution in [0.3, 0.4) is 0 Å². The van der Waals surface area contributed by atoms with Crippen molar-refractivity contribution in [3.63, 3.8) is 0 Å². The number of nitrogens with one attached hydrogen (secondary N) is 1. The van der Waals surface area contributed by atoms with Gasteiger partial charge in [0.1, 0.15) is 0 Å². The number of morpholine rings is 1. The summed E-state index contributed by atoms with van der Waals surface area (Å²) in [7, 11) is 0. The van der Waals surface area contributed by atoms with Crippen LogP contribution in [0.25, 0.3) is 0 Å². The molecule has 4 heterocycles. The van der Waals surface area contributed by atoms with E-state index in [1.54, 1.807) is 0 Å². The maximum absolute atomic E-state index is 5.80. The Morgan fingerprint density at radius 3 is 2.66 bits per heavy atom. The van der Waals surface area contributed by atoms with Gasteiger partial charge in [-0.15, -0.1) is 0 Å². The van der Waals surface area contributed by atoms with Crippen molar-refractivity contribution in [2.75, 3.05) is 39.4 Å². The normalized spacial score (nSPS) is 22.0. The van der Waals surface area contributed by atoms with Crippen LogP contribution in [-0.4, -0.2) is 63.9 Å². The van der Waals surface area contributed by atoms with Gasteiger partial charge in [-0.25, -0.2) is 0 Å². The van der Waals surface area contributed by atoms with E-state index < -0.39 is 0 Å². The molecule has 0 saturated carbocycles. The molecule has 174 valence electrons. The summed E-state index contributed by atoms with van der Waals surface area (Å²) in [6.07, 6.45) is 3.02. The highest BCUT2D eigenvalue weighted by molar-refractivity contribution is 7.80. The zero-order chi connectivity index (χ0) is 22.7. The second-order valence-electron chi connectivity index (χ2n) is 9.46. The minimum atomic E-state index is 0.0600. The van der Waals surface area contributed by atoms with Crippen molar-refractivity contribution >= 4 is 17.3 Å². The molecular formula is C25H37N5OS. The molecule has 0 unspecified atom stereocenters. The average Bonchev–Trinajstić information content (AvgIpc) is 3.25. The largest absolute Gasteiger partial charge is 0.379 e. The predicted octanol–water partition coefficient (Wildman–Crippen LogP) is 3.85. The molecule has 2 atom stereocenters. The molecule has 2 aliphatic rings. The average molecular weight is 456 g/mol. The van der Waals surface area contributed by atoms with E-state index in [1.807, 2.05) is 12.3 Å². The van der Waals surface area contributed by atoms with Gasteiger partial charge in [0, 0.05) is 50.3 Å². The fraction of sp³-hybridized carbons (Fsp3) is 0.600. The molecule has 2 fully saturated rings. The van der Waals surface area contributed by atoms with E-state index in [9.17, 15) is 0 Å².